The molecule has 3 N–H and O–H groups in total. The number of phosphoric ester groups is 2. The number of esters is 4. The first-order valence-corrected chi connectivity index (χ1v) is 38.0. The van der Waals surface area contributed by atoms with Gasteiger partial charge in [0.25, 0.3) is 0 Å². The average molecular weight is 1270 g/mol. The van der Waals surface area contributed by atoms with Gasteiger partial charge in [-0.2, -0.15) is 0 Å². The molecule has 0 heterocycles. The highest BCUT2D eigenvalue weighted by Gasteiger charge is 2.30. The molecule has 6 atom stereocenters. The molecule has 0 aromatic rings. The van der Waals surface area contributed by atoms with Crippen LogP contribution in [0.4, 0.5) is 0 Å². The Balaban J connectivity index is 5.22. The monoisotopic (exact) mass is 1270 g/mol. The Morgan fingerprint density at radius 3 is 0.884 bits per heavy atom. The molecule has 0 saturated heterocycles. The molecule has 0 saturated carbocycles. The fraction of sp³-hybridized carbons (Fsp3) is 0.940. The smallest absolute Gasteiger partial charge is 0.462 e. The van der Waals surface area contributed by atoms with Crippen LogP contribution in [0.5, 0.6) is 0 Å². The zero-order valence-corrected chi connectivity index (χ0v) is 57.4. The van der Waals surface area contributed by atoms with Crippen molar-refractivity contribution in [3.05, 3.63) is 0 Å². The summed E-state index contributed by atoms with van der Waals surface area (Å²) in [5.74, 6) is -0.557. The number of aliphatic hydroxyl groups is 1. The van der Waals surface area contributed by atoms with Gasteiger partial charge in [0, 0.05) is 25.7 Å². The lowest BCUT2D eigenvalue weighted by Gasteiger charge is -2.21. The molecule has 0 spiro atoms. The molecule has 0 aliphatic rings. The van der Waals surface area contributed by atoms with E-state index in [9.17, 15) is 43.2 Å². The van der Waals surface area contributed by atoms with Crippen molar-refractivity contribution in [3.63, 3.8) is 0 Å². The maximum Gasteiger partial charge on any atom is 0.472 e. The van der Waals surface area contributed by atoms with Crippen LogP contribution in [0.15, 0.2) is 0 Å². The standard InChI is InChI=1S/C67H130O17P2/c1-7-10-12-14-16-17-19-27-33-39-45-51-66(71)83-62(55-77-64(69)49-43-37-29-15-13-11-8-2)57-81-85(73,74)79-53-61(68)54-80-86(75,76)82-58-63(84-67(72)52-46-40-34-28-21-18-20-24-30-35-41-47-59(4)5)56-78-65(70)50-44-38-32-26-23-22-25-31-36-42-48-60(6)9-3/h59-63,68H,7-58H2,1-6H3,(H,73,74)(H,75,76)/t60?,61-,62+,63+/m0/s1. The molecule has 0 aromatic carbocycles. The summed E-state index contributed by atoms with van der Waals surface area (Å²) in [6.45, 7) is 9.51. The third-order valence-corrected chi connectivity index (χ3v) is 17.7. The predicted octanol–water partition coefficient (Wildman–Crippen LogP) is 18.8. The van der Waals surface area contributed by atoms with Crippen LogP contribution < -0.4 is 0 Å². The maximum absolute atomic E-state index is 13.0. The minimum absolute atomic E-state index is 0.106. The van der Waals surface area contributed by atoms with Crippen molar-refractivity contribution in [1.29, 1.82) is 0 Å². The van der Waals surface area contributed by atoms with Gasteiger partial charge in [-0.25, -0.2) is 9.13 Å². The number of carbonyl (C=O) groups excluding carboxylic acids is 4. The second kappa shape index (κ2) is 59.4. The minimum atomic E-state index is -4.95. The number of ether oxygens (including phenoxy) is 4. The van der Waals surface area contributed by atoms with E-state index in [2.05, 4.69) is 41.5 Å². The van der Waals surface area contributed by atoms with Crippen LogP contribution >= 0.6 is 15.6 Å². The van der Waals surface area contributed by atoms with E-state index in [1.807, 2.05) is 0 Å². The van der Waals surface area contributed by atoms with Crippen molar-refractivity contribution in [2.75, 3.05) is 39.6 Å². The molecule has 0 aliphatic heterocycles. The Morgan fingerprint density at radius 2 is 0.593 bits per heavy atom. The average Bonchev–Trinajstić information content (AvgIpc) is 3.61. The fourth-order valence-electron chi connectivity index (χ4n) is 10.0. The number of phosphoric acid groups is 2. The second-order valence-corrected chi connectivity index (χ2v) is 27.8. The molecule has 19 heteroatoms. The van der Waals surface area contributed by atoms with E-state index in [1.165, 1.54) is 141 Å². The highest BCUT2D eigenvalue weighted by atomic mass is 31.2. The highest BCUT2D eigenvalue weighted by molar-refractivity contribution is 7.47. The van der Waals surface area contributed by atoms with Gasteiger partial charge >= 0.3 is 39.5 Å². The number of aliphatic hydroxyl groups excluding tert-OH is 1. The van der Waals surface area contributed by atoms with Gasteiger partial charge in [0.1, 0.15) is 19.3 Å². The molecule has 3 unspecified atom stereocenters. The van der Waals surface area contributed by atoms with Crippen LogP contribution in [0.25, 0.3) is 0 Å². The van der Waals surface area contributed by atoms with Gasteiger partial charge in [-0.1, -0.05) is 286 Å². The van der Waals surface area contributed by atoms with E-state index in [1.54, 1.807) is 0 Å². The molecule has 0 fully saturated rings. The molecule has 0 radical (unpaired) electrons. The quantitative estimate of drug-likeness (QED) is 0.0222. The molecular weight excluding hydrogens is 1140 g/mol. The lowest BCUT2D eigenvalue weighted by molar-refractivity contribution is -0.161. The molecule has 0 aliphatic carbocycles. The van der Waals surface area contributed by atoms with E-state index >= 15 is 0 Å². The predicted molar refractivity (Wildman–Crippen MR) is 345 cm³/mol. The molecule has 510 valence electrons. The summed E-state index contributed by atoms with van der Waals surface area (Å²) < 4.78 is 68.1. The minimum Gasteiger partial charge on any atom is -0.462 e. The van der Waals surface area contributed by atoms with Crippen molar-refractivity contribution in [3.8, 4) is 0 Å². The Morgan fingerprint density at radius 1 is 0.337 bits per heavy atom. The number of unbranched alkanes of at least 4 members (excludes halogenated alkanes) is 35. The van der Waals surface area contributed by atoms with E-state index < -0.39 is 97.5 Å². The van der Waals surface area contributed by atoms with E-state index in [-0.39, 0.29) is 25.7 Å². The number of hydrogen-bond donors (Lipinski definition) is 3. The van der Waals surface area contributed by atoms with Gasteiger partial charge in [-0.05, 0) is 37.5 Å². The molecular formula is C67H130O17P2. The Hall–Kier alpha value is -1.94. The first-order valence-electron chi connectivity index (χ1n) is 35.0. The van der Waals surface area contributed by atoms with Crippen molar-refractivity contribution < 1.29 is 80.2 Å². The fourth-order valence-corrected chi connectivity index (χ4v) is 11.6. The van der Waals surface area contributed by atoms with Crippen molar-refractivity contribution >= 4 is 39.5 Å². The lowest BCUT2D eigenvalue weighted by atomic mass is 9.99. The molecule has 17 nitrogen and oxygen atoms in total. The van der Waals surface area contributed by atoms with Gasteiger partial charge in [0.15, 0.2) is 12.2 Å². The second-order valence-electron chi connectivity index (χ2n) is 24.9. The first kappa shape index (κ1) is 84.1. The highest BCUT2D eigenvalue weighted by Crippen LogP contribution is 2.45. The zero-order chi connectivity index (χ0) is 63.6. The SMILES string of the molecule is CCCCCCCCCCCCCC(=O)O[C@H](COC(=O)CCCCCCCCC)COP(=O)(O)OC[C@H](O)COP(=O)(O)OC[C@@H](COC(=O)CCCCCCCCCCCCC(C)CC)OC(=O)CCCCCCCCCCCCCC(C)C. The third kappa shape index (κ3) is 59.7. The summed E-state index contributed by atoms with van der Waals surface area (Å²) in [4.78, 5) is 72.3. The zero-order valence-electron chi connectivity index (χ0n) is 55.6. The molecule has 0 amide bonds. The summed E-state index contributed by atoms with van der Waals surface area (Å²) in [6.07, 6.45) is 43.0. The van der Waals surface area contributed by atoms with Crippen LogP contribution in [0.2, 0.25) is 0 Å². The van der Waals surface area contributed by atoms with Crippen molar-refractivity contribution in [2.24, 2.45) is 11.8 Å². The van der Waals surface area contributed by atoms with Gasteiger partial charge in [-0.3, -0.25) is 37.3 Å². The topological polar surface area (TPSA) is 237 Å². The Labute approximate surface area is 524 Å². The Kier molecular flexibility index (Phi) is 58.0. The largest absolute Gasteiger partial charge is 0.472 e. The summed E-state index contributed by atoms with van der Waals surface area (Å²) in [5.41, 5.74) is 0. The number of hydrogen-bond acceptors (Lipinski definition) is 15. The Bertz CT molecular complexity index is 1690. The molecule has 0 aromatic heterocycles. The van der Waals surface area contributed by atoms with Crippen molar-refractivity contribution in [2.45, 2.75) is 355 Å². The van der Waals surface area contributed by atoms with Crippen LogP contribution in [-0.2, 0) is 65.4 Å². The van der Waals surface area contributed by atoms with Crippen LogP contribution in [-0.4, -0.2) is 96.7 Å². The van der Waals surface area contributed by atoms with Gasteiger partial charge < -0.3 is 33.8 Å². The molecule has 0 rings (SSSR count). The van der Waals surface area contributed by atoms with Gasteiger partial charge in [0.2, 0.25) is 0 Å². The van der Waals surface area contributed by atoms with Crippen LogP contribution in [0, 0.1) is 11.8 Å². The summed E-state index contributed by atoms with van der Waals surface area (Å²) in [5, 5.41) is 10.5. The lowest BCUT2D eigenvalue weighted by Crippen LogP contribution is -2.30. The molecule has 86 heavy (non-hydrogen) atoms. The van der Waals surface area contributed by atoms with E-state index in [0.717, 1.165) is 115 Å². The maximum atomic E-state index is 13.0. The third-order valence-electron chi connectivity index (χ3n) is 15.8. The normalized spacial score (nSPS) is 14.5. The van der Waals surface area contributed by atoms with Gasteiger partial charge in [0.05, 0.1) is 26.4 Å². The van der Waals surface area contributed by atoms with E-state index in [0.29, 0.717) is 25.7 Å². The number of carbonyl (C=O) groups is 4. The summed E-state index contributed by atoms with van der Waals surface area (Å²) >= 11 is 0. The number of rotatable bonds is 66. The summed E-state index contributed by atoms with van der Waals surface area (Å²) in [6, 6.07) is 0. The van der Waals surface area contributed by atoms with Gasteiger partial charge in [-0.15, -0.1) is 0 Å². The van der Waals surface area contributed by atoms with Crippen LogP contribution in [0.1, 0.15) is 337 Å². The van der Waals surface area contributed by atoms with Crippen LogP contribution in [0.3, 0.4) is 0 Å². The summed E-state index contributed by atoms with van der Waals surface area (Å²) in [7, 11) is -9.89. The first-order chi connectivity index (χ1) is 41.4. The van der Waals surface area contributed by atoms with Crippen molar-refractivity contribution in [1.82, 2.24) is 0 Å². The molecule has 0 bridgehead atoms. The van der Waals surface area contributed by atoms with E-state index in [4.69, 9.17) is 37.0 Å².